The number of nitrogens with one attached hydrogen (secondary N) is 2. The van der Waals surface area contributed by atoms with Gasteiger partial charge in [-0.15, -0.1) is 0 Å². The van der Waals surface area contributed by atoms with E-state index in [0.29, 0.717) is 0 Å². The second kappa shape index (κ2) is 13.1. The first-order valence-corrected chi connectivity index (χ1v) is 19.7. The molecule has 274 valence electrons. The van der Waals surface area contributed by atoms with Crippen LogP contribution in [-0.2, 0) is 0 Å². The lowest BCUT2D eigenvalue weighted by Gasteiger charge is -2.32. The number of rotatable bonds is 5. The largest absolute Gasteiger partial charge is 0.456 e. The van der Waals surface area contributed by atoms with Gasteiger partial charge in [0.1, 0.15) is 40.5 Å². The van der Waals surface area contributed by atoms with E-state index in [9.17, 15) is 0 Å². The Bertz CT molecular complexity index is 3430. The Balaban J connectivity index is 0.917. The Morgan fingerprint density at radius 1 is 0.397 bits per heavy atom. The maximum Gasteiger partial charge on any atom is 0.136 e. The third-order valence-electron chi connectivity index (χ3n) is 11.7. The molecule has 0 radical (unpaired) electrons. The Morgan fingerprint density at radius 2 is 1.05 bits per heavy atom. The van der Waals surface area contributed by atoms with Crippen LogP contribution < -0.4 is 10.6 Å². The molecule has 2 aromatic heterocycles. The summed E-state index contributed by atoms with van der Waals surface area (Å²) in [5.74, 6) is 0.819. The monoisotopic (exact) mass is 745 g/mol. The fourth-order valence-corrected chi connectivity index (χ4v) is 8.78. The third-order valence-corrected chi connectivity index (χ3v) is 11.7. The quantitative estimate of drug-likeness (QED) is 0.184. The maximum absolute atomic E-state index is 6.43. The van der Waals surface area contributed by atoms with Gasteiger partial charge in [-0.05, 0) is 110 Å². The van der Waals surface area contributed by atoms with Gasteiger partial charge in [0, 0.05) is 27.1 Å². The van der Waals surface area contributed by atoms with Crippen molar-refractivity contribution in [3.05, 3.63) is 205 Å². The molecule has 1 aliphatic heterocycles. The summed E-state index contributed by atoms with van der Waals surface area (Å²) in [4.78, 5) is 5.27. The van der Waals surface area contributed by atoms with Crippen molar-refractivity contribution in [1.82, 2.24) is 10.6 Å². The Hall–Kier alpha value is -7.47. The van der Waals surface area contributed by atoms with Crippen molar-refractivity contribution in [2.24, 2.45) is 4.99 Å². The van der Waals surface area contributed by atoms with E-state index in [2.05, 4.69) is 174 Å². The minimum atomic E-state index is -0.278. The van der Waals surface area contributed by atoms with Crippen molar-refractivity contribution >= 4 is 71.3 Å². The molecule has 0 saturated carbocycles. The van der Waals surface area contributed by atoms with Gasteiger partial charge in [0.2, 0.25) is 0 Å². The first kappa shape index (κ1) is 32.7. The van der Waals surface area contributed by atoms with Crippen molar-refractivity contribution in [2.75, 3.05) is 0 Å². The minimum Gasteiger partial charge on any atom is -0.456 e. The number of hydrogen-bond donors (Lipinski definition) is 2. The number of fused-ring (bicyclic) bond motifs is 8. The van der Waals surface area contributed by atoms with Crippen LogP contribution in [0, 0.1) is 0 Å². The summed E-state index contributed by atoms with van der Waals surface area (Å²) in [6, 6.07) is 66.5. The van der Waals surface area contributed by atoms with Gasteiger partial charge in [-0.25, -0.2) is 4.99 Å². The van der Waals surface area contributed by atoms with Gasteiger partial charge >= 0.3 is 0 Å². The van der Waals surface area contributed by atoms with Crippen LogP contribution in [-0.4, -0.2) is 5.84 Å². The molecule has 5 heteroatoms. The van der Waals surface area contributed by atoms with E-state index in [4.69, 9.17) is 13.8 Å². The fourth-order valence-electron chi connectivity index (χ4n) is 8.78. The first-order valence-electron chi connectivity index (χ1n) is 19.7. The van der Waals surface area contributed by atoms with E-state index in [1.54, 1.807) is 0 Å². The normalized spacial score (nSPS) is 15.8. The molecule has 9 aromatic carbocycles. The summed E-state index contributed by atoms with van der Waals surface area (Å²) in [5.41, 5.74) is 11.4. The van der Waals surface area contributed by atoms with Crippen molar-refractivity contribution in [3.63, 3.8) is 0 Å². The number of benzene rings is 9. The highest BCUT2D eigenvalue weighted by Crippen LogP contribution is 2.40. The zero-order valence-corrected chi connectivity index (χ0v) is 31.3. The number of nitrogens with zero attached hydrogens (tertiary/aromatic N) is 1. The average Bonchev–Trinajstić information content (AvgIpc) is 3.86. The molecule has 11 aromatic rings. The van der Waals surface area contributed by atoms with Gasteiger partial charge in [-0.1, -0.05) is 133 Å². The summed E-state index contributed by atoms with van der Waals surface area (Å²) in [6.07, 6.45) is -0.421. The molecule has 2 atom stereocenters. The van der Waals surface area contributed by atoms with E-state index in [1.165, 1.54) is 21.9 Å². The summed E-state index contributed by atoms with van der Waals surface area (Å²) < 4.78 is 12.7. The van der Waals surface area contributed by atoms with Crippen LogP contribution in [0.2, 0.25) is 0 Å². The highest BCUT2D eigenvalue weighted by atomic mass is 16.3. The molecule has 2 unspecified atom stereocenters. The van der Waals surface area contributed by atoms with Crippen molar-refractivity contribution < 1.29 is 8.83 Å². The van der Waals surface area contributed by atoms with Gasteiger partial charge in [-0.3, -0.25) is 5.32 Å². The Kier molecular flexibility index (Phi) is 7.37. The predicted octanol–water partition coefficient (Wildman–Crippen LogP) is 13.5. The van der Waals surface area contributed by atoms with Crippen LogP contribution in [0.4, 0.5) is 0 Å². The van der Waals surface area contributed by atoms with Crippen LogP contribution in [0.25, 0.3) is 87.7 Å². The molecule has 0 fully saturated rings. The van der Waals surface area contributed by atoms with Gasteiger partial charge < -0.3 is 14.2 Å². The number of furan rings is 2. The molecule has 0 aliphatic carbocycles. The highest BCUT2D eigenvalue weighted by molar-refractivity contribution is 6.14. The lowest BCUT2D eigenvalue weighted by Crippen LogP contribution is -2.44. The molecular weight excluding hydrogens is 711 g/mol. The van der Waals surface area contributed by atoms with Gasteiger partial charge in [0.15, 0.2) is 0 Å². The minimum absolute atomic E-state index is 0.143. The Morgan fingerprint density at radius 3 is 2.00 bits per heavy atom. The highest BCUT2D eigenvalue weighted by Gasteiger charge is 2.26. The zero-order chi connectivity index (χ0) is 38.2. The summed E-state index contributed by atoms with van der Waals surface area (Å²) >= 11 is 0. The third kappa shape index (κ3) is 5.47. The smallest absolute Gasteiger partial charge is 0.136 e. The summed E-state index contributed by atoms with van der Waals surface area (Å²) in [5, 5.41) is 16.7. The predicted molar refractivity (Wildman–Crippen MR) is 238 cm³/mol. The topological polar surface area (TPSA) is 62.7 Å². The van der Waals surface area contributed by atoms with Gasteiger partial charge in [0.25, 0.3) is 0 Å². The van der Waals surface area contributed by atoms with Crippen LogP contribution >= 0.6 is 0 Å². The van der Waals surface area contributed by atoms with Crippen molar-refractivity contribution in [1.29, 1.82) is 0 Å². The molecule has 0 bridgehead atoms. The second-order valence-electron chi connectivity index (χ2n) is 15.2. The van der Waals surface area contributed by atoms with Crippen molar-refractivity contribution in [2.45, 2.75) is 12.3 Å². The molecule has 3 heterocycles. The summed E-state index contributed by atoms with van der Waals surface area (Å²) in [7, 11) is 0. The number of amidine groups is 1. The van der Waals surface area contributed by atoms with E-state index < -0.39 is 0 Å². The van der Waals surface area contributed by atoms with Crippen LogP contribution in [0.5, 0.6) is 0 Å². The molecular formula is C53H35N3O2. The maximum atomic E-state index is 6.43. The number of para-hydroxylation sites is 1. The van der Waals surface area contributed by atoms with Gasteiger partial charge in [0.05, 0.1) is 0 Å². The van der Waals surface area contributed by atoms with Crippen LogP contribution in [0.1, 0.15) is 29.0 Å². The molecule has 58 heavy (non-hydrogen) atoms. The number of hydrogen-bond acceptors (Lipinski definition) is 5. The lowest BCUT2D eigenvalue weighted by molar-refractivity contribution is 0.409. The molecule has 0 amide bonds. The van der Waals surface area contributed by atoms with Crippen LogP contribution in [0.3, 0.4) is 0 Å². The van der Waals surface area contributed by atoms with E-state index in [0.717, 1.165) is 88.3 Å². The molecule has 5 nitrogen and oxygen atoms in total. The zero-order valence-electron chi connectivity index (χ0n) is 31.3. The van der Waals surface area contributed by atoms with E-state index in [1.807, 2.05) is 24.3 Å². The van der Waals surface area contributed by atoms with Gasteiger partial charge in [-0.2, -0.15) is 0 Å². The molecule has 12 rings (SSSR count). The molecule has 2 N–H and O–H groups in total. The molecule has 0 saturated heterocycles. The average molecular weight is 746 g/mol. The fraction of sp³-hybridized carbons (Fsp3) is 0.0377. The van der Waals surface area contributed by atoms with Crippen LogP contribution in [0.15, 0.2) is 202 Å². The summed E-state index contributed by atoms with van der Waals surface area (Å²) in [6.45, 7) is 0. The Labute approximate surface area is 333 Å². The van der Waals surface area contributed by atoms with E-state index in [-0.39, 0.29) is 12.3 Å². The first-order chi connectivity index (χ1) is 28.7. The van der Waals surface area contributed by atoms with E-state index >= 15 is 0 Å². The molecule has 0 spiro atoms. The number of aliphatic imine (C=N–C) groups is 1. The molecule has 1 aliphatic rings. The SMILES string of the molecule is c1ccc(C2NC(c3ccc4c(c3)oc3ccccc34)=NC(c3ccc4cc(-c5cccc6oc7ccc(-c8ccc9ccccc9c8)cc7c56)ccc4c3)N2)cc1. The lowest BCUT2D eigenvalue weighted by atomic mass is 9.95. The standard InChI is InChI=1S/C53H35N3O2/c1-2-10-33(11-3-1)51-54-52(56-53(55-51)41-23-25-44-43-13-6-7-15-46(43)58-49(44)31-41)40-22-20-36-28-39(21-19-37(36)29-40)42-14-8-16-48-50(42)45-30-38(24-26-47(45)57-48)35-18-17-32-9-4-5-12-34(32)27-35/h1-31,51-52,54H,(H,55,56). The second-order valence-corrected chi connectivity index (χ2v) is 15.2. The van der Waals surface area contributed by atoms with Crippen molar-refractivity contribution in [3.8, 4) is 22.3 Å².